The van der Waals surface area contributed by atoms with Gasteiger partial charge in [-0.25, -0.2) is 4.79 Å². The molecule has 0 radical (unpaired) electrons. The minimum absolute atomic E-state index is 0.0285. The second kappa shape index (κ2) is 9.20. The topological polar surface area (TPSA) is 98.7 Å². The molecular weight excluding hydrogens is 274 g/mol. The fourth-order valence-corrected chi connectivity index (χ4v) is 2.40. The van der Waals surface area contributed by atoms with Gasteiger partial charge in [0.25, 0.3) is 0 Å². The summed E-state index contributed by atoms with van der Waals surface area (Å²) in [6, 6.07) is 0.0945. The molecule has 120 valence electrons. The lowest BCUT2D eigenvalue weighted by atomic mass is 10.1. The predicted octanol–water partition coefficient (Wildman–Crippen LogP) is 0.941. The standard InChI is InChI=1S/C14H25N3O4/c1-11(18)16-12-6-9-17(10-7-12)14(21)15-8-4-2-3-5-13(19)20/h12H,2-10H2,1H3,(H,15,21)(H,16,18)(H,19,20). The van der Waals surface area contributed by atoms with Crippen molar-refractivity contribution in [1.29, 1.82) is 0 Å². The molecule has 0 atom stereocenters. The van der Waals surface area contributed by atoms with Crippen molar-refractivity contribution in [2.75, 3.05) is 19.6 Å². The van der Waals surface area contributed by atoms with Crippen molar-refractivity contribution < 1.29 is 19.5 Å². The molecule has 3 amide bonds. The quantitative estimate of drug-likeness (QED) is 0.609. The van der Waals surface area contributed by atoms with Gasteiger partial charge in [-0.1, -0.05) is 6.42 Å². The first kappa shape index (κ1) is 17.3. The maximum absolute atomic E-state index is 11.9. The average Bonchev–Trinajstić information content (AvgIpc) is 2.42. The first-order valence-corrected chi connectivity index (χ1v) is 7.50. The summed E-state index contributed by atoms with van der Waals surface area (Å²) >= 11 is 0. The zero-order chi connectivity index (χ0) is 15.7. The van der Waals surface area contributed by atoms with Crippen molar-refractivity contribution in [3.8, 4) is 0 Å². The van der Waals surface area contributed by atoms with Crippen molar-refractivity contribution in [2.24, 2.45) is 0 Å². The summed E-state index contributed by atoms with van der Waals surface area (Å²) in [5.41, 5.74) is 0. The third-order valence-electron chi connectivity index (χ3n) is 3.53. The summed E-state index contributed by atoms with van der Waals surface area (Å²) < 4.78 is 0. The van der Waals surface area contributed by atoms with Gasteiger partial charge in [-0.05, 0) is 25.7 Å². The highest BCUT2D eigenvalue weighted by atomic mass is 16.4. The lowest BCUT2D eigenvalue weighted by Gasteiger charge is -2.32. The van der Waals surface area contributed by atoms with Crippen LogP contribution in [0.4, 0.5) is 4.79 Å². The number of rotatable bonds is 7. The van der Waals surface area contributed by atoms with Crippen molar-refractivity contribution in [3.63, 3.8) is 0 Å². The number of carbonyl (C=O) groups excluding carboxylic acids is 2. The molecule has 7 nitrogen and oxygen atoms in total. The monoisotopic (exact) mass is 299 g/mol. The number of hydrogen-bond donors (Lipinski definition) is 3. The molecule has 0 saturated carbocycles. The Hall–Kier alpha value is -1.79. The van der Waals surface area contributed by atoms with Gasteiger partial charge in [-0.2, -0.15) is 0 Å². The van der Waals surface area contributed by atoms with Gasteiger partial charge in [0.1, 0.15) is 0 Å². The molecule has 0 aromatic rings. The Balaban J connectivity index is 2.08. The smallest absolute Gasteiger partial charge is 0.317 e. The maximum Gasteiger partial charge on any atom is 0.317 e. The van der Waals surface area contributed by atoms with Crippen molar-refractivity contribution in [3.05, 3.63) is 0 Å². The van der Waals surface area contributed by atoms with Crippen LogP contribution in [0.3, 0.4) is 0 Å². The second-order valence-electron chi connectivity index (χ2n) is 5.40. The van der Waals surface area contributed by atoms with E-state index in [0.717, 1.165) is 25.7 Å². The van der Waals surface area contributed by atoms with E-state index in [4.69, 9.17) is 5.11 Å². The average molecular weight is 299 g/mol. The van der Waals surface area contributed by atoms with Crippen LogP contribution in [-0.4, -0.2) is 53.6 Å². The van der Waals surface area contributed by atoms with E-state index in [0.29, 0.717) is 26.1 Å². The van der Waals surface area contributed by atoms with Gasteiger partial charge in [-0.3, -0.25) is 9.59 Å². The Morgan fingerprint density at radius 2 is 1.81 bits per heavy atom. The molecule has 0 aliphatic carbocycles. The molecule has 21 heavy (non-hydrogen) atoms. The SMILES string of the molecule is CC(=O)NC1CCN(C(=O)NCCCCCC(=O)O)CC1. The summed E-state index contributed by atoms with van der Waals surface area (Å²) in [5.74, 6) is -0.805. The molecule has 1 rings (SSSR count). The number of aliphatic carboxylic acids is 1. The number of nitrogens with zero attached hydrogens (tertiary/aromatic N) is 1. The maximum atomic E-state index is 11.9. The van der Waals surface area contributed by atoms with Crippen LogP contribution in [0.2, 0.25) is 0 Å². The number of likely N-dealkylation sites (tertiary alicyclic amines) is 1. The molecule has 1 heterocycles. The van der Waals surface area contributed by atoms with Crippen LogP contribution in [0.1, 0.15) is 45.4 Å². The summed E-state index contributed by atoms with van der Waals surface area (Å²) in [4.78, 5) is 35.0. The van der Waals surface area contributed by atoms with Gasteiger partial charge < -0.3 is 20.6 Å². The molecule has 0 bridgehead atoms. The van der Waals surface area contributed by atoms with E-state index in [1.54, 1.807) is 4.90 Å². The minimum atomic E-state index is -0.777. The van der Waals surface area contributed by atoms with Crippen LogP contribution in [0.15, 0.2) is 0 Å². The molecule has 0 aromatic heterocycles. The van der Waals surface area contributed by atoms with Crippen molar-refractivity contribution in [2.45, 2.75) is 51.5 Å². The van der Waals surface area contributed by atoms with Gasteiger partial charge in [0.05, 0.1) is 0 Å². The Labute approximate surface area is 125 Å². The van der Waals surface area contributed by atoms with E-state index in [1.807, 2.05) is 0 Å². The molecule has 0 spiro atoms. The first-order chi connectivity index (χ1) is 9.99. The van der Waals surface area contributed by atoms with Gasteiger partial charge in [0.2, 0.25) is 5.91 Å². The highest BCUT2D eigenvalue weighted by Gasteiger charge is 2.22. The minimum Gasteiger partial charge on any atom is -0.481 e. The van der Waals surface area contributed by atoms with E-state index in [2.05, 4.69) is 10.6 Å². The predicted molar refractivity (Wildman–Crippen MR) is 77.9 cm³/mol. The molecule has 3 N–H and O–H groups in total. The zero-order valence-corrected chi connectivity index (χ0v) is 12.6. The number of carboxylic acids is 1. The number of nitrogens with one attached hydrogen (secondary N) is 2. The van der Waals surface area contributed by atoms with Crippen LogP contribution in [-0.2, 0) is 9.59 Å². The summed E-state index contributed by atoms with van der Waals surface area (Å²) in [7, 11) is 0. The van der Waals surface area contributed by atoms with E-state index in [-0.39, 0.29) is 24.4 Å². The molecule has 1 fully saturated rings. The summed E-state index contributed by atoms with van der Waals surface area (Å²) in [6.45, 7) is 3.37. The normalized spacial score (nSPS) is 15.6. The third-order valence-corrected chi connectivity index (χ3v) is 3.53. The third kappa shape index (κ3) is 7.53. The van der Waals surface area contributed by atoms with Crippen LogP contribution in [0.25, 0.3) is 0 Å². The van der Waals surface area contributed by atoms with Crippen LogP contribution < -0.4 is 10.6 Å². The fraction of sp³-hybridized carbons (Fsp3) is 0.786. The van der Waals surface area contributed by atoms with Crippen LogP contribution in [0, 0.1) is 0 Å². The molecule has 0 aromatic carbocycles. The van der Waals surface area contributed by atoms with E-state index < -0.39 is 5.97 Å². The molecule has 1 saturated heterocycles. The Morgan fingerprint density at radius 3 is 2.38 bits per heavy atom. The van der Waals surface area contributed by atoms with E-state index >= 15 is 0 Å². The number of hydrogen-bond acceptors (Lipinski definition) is 3. The van der Waals surface area contributed by atoms with E-state index in [1.165, 1.54) is 6.92 Å². The molecule has 7 heteroatoms. The second-order valence-corrected chi connectivity index (χ2v) is 5.40. The van der Waals surface area contributed by atoms with Crippen molar-refractivity contribution in [1.82, 2.24) is 15.5 Å². The molecular formula is C14H25N3O4. The van der Waals surface area contributed by atoms with Gasteiger partial charge in [0.15, 0.2) is 0 Å². The first-order valence-electron chi connectivity index (χ1n) is 7.50. The zero-order valence-electron chi connectivity index (χ0n) is 12.6. The number of urea groups is 1. The number of unbranched alkanes of at least 4 members (excludes halogenated alkanes) is 2. The lowest BCUT2D eigenvalue weighted by molar-refractivity contribution is -0.137. The summed E-state index contributed by atoms with van der Waals surface area (Å²) in [5, 5.41) is 14.2. The van der Waals surface area contributed by atoms with Crippen molar-refractivity contribution >= 4 is 17.9 Å². The Bertz CT molecular complexity index is 365. The molecule has 1 aliphatic heterocycles. The summed E-state index contributed by atoms with van der Waals surface area (Å²) in [6.07, 6.45) is 3.99. The van der Waals surface area contributed by atoms with Crippen LogP contribution >= 0.6 is 0 Å². The number of carbonyl (C=O) groups is 3. The Morgan fingerprint density at radius 1 is 1.14 bits per heavy atom. The number of amides is 3. The van der Waals surface area contributed by atoms with Gasteiger partial charge in [-0.15, -0.1) is 0 Å². The molecule has 1 aliphatic rings. The lowest BCUT2D eigenvalue weighted by Crippen LogP contribution is -2.49. The molecule has 0 unspecified atom stereocenters. The number of piperidine rings is 1. The van der Waals surface area contributed by atoms with Gasteiger partial charge >= 0.3 is 12.0 Å². The van der Waals surface area contributed by atoms with Crippen LogP contribution in [0.5, 0.6) is 0 Å². The number of carboxylic acid groups (broad SMARTS) is 1. The highest BCUT2D eigenvalue weighted by Crippen LogP contribution is 2.10. The highest BCUT2D eigenvalue weighted by molar-refractivity contribution is 5.75. The fourth-order valence-electron chi connectivity index (χ4n) is 2.40. The van der Waals surface area contributed by atoms with E-state index in [9.17, 15) is 14.4 Å². The largest absolute Gasteiger partial charge is 0.481 e. The Kier molecular flexibility index (Phi) is 7.56. The van der Waals surface area contributed by atoms with Gasteiger partial charge in [0, 0.05) is 39.0 Å².